The number of rotatable bonds is 5. The molecule has 2 atom stereocenters. The van der Waals surface area contributed by atoms with Crippen molar-refractivity contribution in [3.05, 3.63) is 24.2 Å². The van der Waals surface area contributed by atoms with E-state index in [2.05, 4.69) is 39.9 Å². The summed E-state index contributed by atoms with van der Waals surface area (Å²) in [6.45, 7) is 11.3. The Balaban J connectivity index is 2.32. The van der Waals surface area contributed by atoms with Crippen molar-refractivity contribution in [2.24, 2.45) is 5.41 Å². The summed E-state index contributed by atoms with van der Waals surface area (Å²) in [7, 11) is 0. The molecule has 1 heterocycles. The molecule has 0 amide bonds. The molecule has 0 aromatic carbocycles. The normalized spacial score (nSPS) is 16.1. The first-order chi connectivity index (χ1) is 7.38. The van der Waals surface area contributed by atoms with Gasteiger partial charge in [-0.3, -0.25) is 0 Å². The highest BCUT2D eigenvalue weighted by molar-refractivity contribution is 5.10. The maximum absolute atomic E-state index is 5.09. The number of hydrogen-bond donors (Lipinski definition) is 1. The largest absolute Gasteiger partial charge is 0.472 e. The van der Waals surface area contributed by atoms with Crippen LogP contribution in [-0.2, 0) is 0 Å². The molecule has 1 aromatic heterocycles. The molecule has 2 heteroatoms. The van der Waals surface area contributed by atoms with E-state index in [1.807, 2.05) is 12.3 Å². The summed E-state index contributed by atoms with van der Waals surface area (Å²) < 4.78 is 5.09. The van der Waals surface area contributed by atoms with E-state index in [-0.39, 0.29) is 0 Å². The summed E-state index contributed by atoms with van der Waals surface area (Å²) in [6.07, 6.45) is 6.01. The molecule has 1 N–H and O–H groups in total. The van der Waals surface area contributed by atoms with Crippen LogP contribution in [-0.4, -0.2) is 6.04 Å². The summed E-state index contributed by atoms with van der Waals surface area (Å²) >= 11 is 0. The molecule has 2 nitrogen and oxygen atoms in total. The highest BCUT2D eigenvalue weighted by Gasteiger charge is 2.14. The van der Waals surface area contributed by atoms with E-state index >= 15 is 0 Å². The molecule has 1 aromatic rings. The number of nitrogens with one attached hydrogen (secondary N) is 1. The molecule has 16 heavy (non-hydrogen) atoms. The van der Waals surface area contributed by atoms with Crippen molar-refractivity contribution >= 4 is 0 Å². The van der Waals surface area contributed by atoms with Gasteiger partial charge in [0.05, 0.1) is 12.5 Å². The van der Waals surface area contributed by atoms with Gasteiger partial charge in [0, 0.05) is 17.6 Å². The van der Waals surface area contributed by atoms with Gasteiger partial charge in [0.15, 0.2) is 0 Å². The average Bonchev–Trinajstić information content (AvgIpc) is 2.66. The molecular weight excluding hydrogens is 198 g/mol. The van der Waals surface area contributed by atoms with Crippen LogP contribution in [0.2, 0.25) is 0 Å². The Hall–Kier alpha value is -0.760. The Morgan fingerprint density at radius 1 is 1.31 bits per heavy atom. The fourth-order valence-electron chi connectivity index (χ4n) is 1.78. The van der Waals surface area contributed by atoms with E-state index in [0.29, 0.717) is 17.5 Å². The van der Waals surface area contributed by atoms with Crippen LogP contribution in [0.5, 0.6) is 0 Å². The molecule has 0 saturated carbocycles. The summed E-state index contributed by atoms with van der Waals surface area (Å²) in [5.41, 5.74) is 1.65. The Bertz CT molecular complexity index is 284. The maximum atomic E-state index is 5.09. The van der Waals surface area contributed by atoms with Gasteiger partial charge in [-0.25, -0.2) is 0 Å². The van der Waals surface area contributed by atoms with Crippen molar-refractivity contribution in [3.8, 4) is 0 Å². The molecule has 0 bridgehead atoms. The molecule has 92 valence electrons. The van der Waals surface area contributed by atoms with Crippen LogP contribution in [0.15, 0.2) is 23.0 Å². The van der Waals surface area contributed by atoms with Gasteiger partial charge in [0.2, 0.25) is 0 Å². The van der Waals surface area contributed by atoms with E-state index in [9.17, 15) is 0 Å². The van der Waals surface area contributed by atoms with Crippen LogP contribution in [0.25, 0.3) is 0 Å². The third kappa shape index (κ3) is 4.84. The fourth-order valence-corrected chi connectivity index (χ4v) is 1.78. The SMILES string of the molecule is CC(CCC(C)(C)C)NC(C)c1ccoc1. The number of hydrogen-bond acceptors (Lipinski definition) is 2. The Kier molecular flexibility index (Phi) is 4.60. The van der Waals surface area contributed by atoms with Crippen molar-refractivity contribution in [2.75, 3.05) is 0 Å². The smallest absolute Gasteiger partial charge is 0.0950 e. The van der Waals surface area contributed by atoms with Crippen LogP contribution in [0.4, 0.5) is 0 Å². The Morgan fingerprint density at radius 2 is 2.00 bits per heavy atom. The number of furan rings is 1. The van der Waals surface area contributed by atoms with Crippen LogP contribution in [0.1, 0.15) is 59.1 Å². The van der Waals surface area contributed by atoms with Gasteiger partial charge in [-0.2, -0.15) is 0 Å². The van der Waals surface area contributed by atoms with E-state index in [1.54, 1.807) is 6.26 Å². The molecule has 0 fully saturated rings. The van der Waals surface area contributed by atoms with Crippen LogP contribution < -0.4 is 5.32 Å². The first-order valence-corrected chi connectivity index (χ1v) is 6.16. The van der Waals surface area contributed by atoms with Gasteiger partial charge >= 0.3 is 0 Å². The van der Waals surface area contributed by atoms with Crippen molar-refractivity contribution < 1.29 is 4.42 Å². The monoisotopic (exact) mass is 223 g/mol. The topological polar surface area (TPSA) is 25.2 Å². The fraction of sp³-hybridized carbons (Fsp3) is 0.714. The van der Waals surface area contributed by atoms with E-state index in [4.69, 9.17) is 4.42 Å². The van der Waals surface area contributed by atoms with Crippen molar-refractivity contribution in [3.63, 3.8) is 0 Å². The lowest BCUT2D eigenvalue weighted by atomic mass is 9.89. The molecule has 0 spiro atoms. The minimum atomic E-state index is 0.369. The molecule has 1 rings (SSSR count). The molecular formula is C14H25NO. The predicted octanol–water partition coefficient (Wildman–Crippen LogP) is 4.15. The van der Waals surface area contributed by atoms with Gasteiger partial charge in [-0.1, -0.05) is 20.8 Å². The lowest BCUT2D eigenvalue weighted by molar-refractivity contribution is 0.327. The molecule has 0 aliphatic carbocycles. The first kappa shape index (κ1) is 13.3. The molecule has 2 unspecified atom stereocenters. The maximum Gasteiger partial charge on any atom is 0.0950 e. The highest BCUT2D eigenvalue weighted by atomic mass is 16.3. The summed E-state index contributed by atoms with van der Waals surface area (Å²) in [5.74, 6) is 0. The minimum absolute atomic E-state index is 0.369. The predicted molar refractivity (Wildman–Crippen MR) is 68.4 cm³/mol. The van der Waals surface area contributed by atoms with Crippen LogP contribution in [0.3, 0.4) is 0 Å². The highest BCUT2D eigenvalue weighted by Crippen LogP contribution is 2.22. The molecule has 0 saturated heterocycles. The zero-order valence-electron chi connectivity index (χ0n) is 11.2. The summed E-state index contributed by atoms with van der Waals surface area (Å²) in [6, 6.07) is 2.94. The second-order valence-corrected chi connectivity index (χ2v) is 5.95. The van der Waals surface area contributed by atoms with E-state index < -0.39 is 0 Å². The van der Waals surface area contributed by atoms with Gasteiger partial charge < -0.3 is 9.73 Å². The zero-order chi connectivity index (χ0) is 12.2. The Labute approximate surface area is 99.4 Å². The lowest BCUT2D eigenvalue weighted by Crippen LogP contribution is -2.29. The second-order valence-electron chi connectivity index (χ2n) is 5.95. The van der Waals surface area contributed by atoms with Crippen molar-refractivity contribution in [2.45, 2.75) is 59.5 Å². The molecule has 0 aliphatic heterocycles. The van der Waals surface area contributed by atoms with Gasteiger partial charge in [0.25, 0.3) is 0 Å². The summed E-state index contributed by atoms with van der Waals surface area (Å²) in [4.78, 5) is 0. The zero-order valence-corrected chi connectivity index (χ0v) is 11.2. The van der Waals surface area contributed by atoms with Gasteiger partial charge in [-0.15, -0.1) is 0 Å². The average molecular weight is 223 g/mol. The molecule has 0 aliphatic rings. The lowest BCUT2D eigenvalue weighted by Gasteiger charge is -2.23. The van der Waals surface area contributed by atoms with Crippen LogP contribution >= 0.6 is 0 Å². The second kappa shape index (κ2) is 5.53. The quantitative estimate of drug-likeness (QED) is 0.811. The van der Waals surface area contributed by atoms with Crippen molar-refractivity contribution in [1.82, 2.24) is 5.32 Å². The third-order valence-electron chi connectivity index (χ3n) is 2.91. The standard InChI is InChI=1S/C14H25NO/c1-11(6-8-14(3,4)5)15-12(2)13-7-9-16-10-13/h7,9-12,15H,6,8H2,1-5H3. The molecule has 0 radical (unpaired) electrons. The van der Waals surface area contributed by atoms with Crippen molar-refractivity contribution in [1.29, 1.82) is 0 Å². The van der Waals surface area contributed by atoms with E-state index in [0.717, 1.165) is 0 Å². The minimum Gasteiger partial charge on any atom is -0.472 e. The van der Waals surface area contributed by atoms with E-state index in [1.165, 1.54) is 18.4 Å². The Morgan fingerprint density at radius 3 is 2.50 bits per heavy atom. The third-order valence-corrected chi connectivity index (χ3v) is 2.91. The van der Waals surface area contributed by atoms with Gasteiger partial charge in [0.1, 0.15) is 0 Å². The van der Waals surface area contributed by atoms with Gasteiger partial charge in [-0.05, 0) is 38.2 Å². The summed E-state index contributed by atoms with van der Waals surface area (Å²) in [5, 5.41) is 3.59. The van der Waals surface area contributed by atoms with Crippen LogP contribution in [0, 0.1) is 5.41 Å². The first-order valence-electron chi connectivity index (χ1n) is 6.16.